The number of nitrogen functional groups attached to an aromatic ring is 1. The largest absolute Gasteiger partial charge is 0.495 e. The first kappa shape index (κ1) is 14.1. The van der Waals surface area contributed by atoms with Crippen molar-refractivity contribution in [3.63, 3.8) is 0 Å². The average Bonchev–Trinajstić information content (AvgIpc) is 2.32. The summed E-state index contributed by atoms with van der Waals surface area (Å²) in [5.41, 5.74) is 7.56. The number of methoxy groups -OCH3 is 1. The van der Waals surface area contributed by atoms with Gasteiger partial charge >= 0.3 is 0 Å². The lowest BCUT2D eigenvalue weighted by Gasteiger charge is -2.33. The average molecular weight is 284 g/mol. The van der Waals surface area contributed by atoms with E-state index in [0.29, 0.717) is 24.5 Å². The van der Waals surface area contributed by atoms with Gasteiger partial charge in [-0.05, 0) is 24.6 Å². The van der Waals surface area contributed by atoms with Crippen LogP contribution in [0.25, 0.3) is 0 Å². The van der Waals surface area contributed by atoms with Crippen LogP contribution in [-0.2, 0) is 16.4 Å². The summed E-state index contributed by atoms with van der Waals surface area (Å²) >= 11 is 0. The maximum absolute atomic E-state index is 11.5. The highest BCUT2D eigenvalue weighted by atomic mass is 32.2. The molecule has 106 valence electrons. The Balaban J connectivity index is 2.07. The molecule has 1 atom stereocenters. The van der Waals surface area contributed by atoms with Crippen LogP contribution in [-0.4, -0.2) is 44.5 Å². The van der Waals surface area contributed by atoms with Gasteiger partial charge in [-0.25, -0.2) is 8.42 Å². The highest BCUT2D eigenvalue weighted by Crippen LogP contribution is 2.23. The molecule has 1 saturated heterocycles. The summed E-state index contributed by atoms with van der Waals surface area (Å²) in [6.07, 6.45) is 0. The third-order valence-corrected chi connectivity index (χ3v) is 5.28. The van der Waals surface area contributed by atoms with Crippen molar-refractivity contribution >= 4 is 15.5 Å². The number of nitrogens with two attached hydrogens (primary N) is 1. The second-order valence-corrected chi connectivity index (χ2v) is 7.24. The number of hydrogen-bond acceptors (Lipinski definition) is 5. The van der Waals surface area contributed by atoms with E-state index in [4.69, 9.17) is 10.5 Å². The maximum Gasteiger partial charge on any atom is 0.153 e. The molecule has 19 heavy (non-hydrogen) atoms. The number of benzene rings is 1. The third-order valence-electron chi connectivity index (χ3n) is 3.49. The number of rotatable bonds is 3. The first-order valence-electron chi connectivity index (χ1n) is 6.28. The van der Waals surface area contributed by atoms with E-state index in [9.17, 15) is 8.42 Å². The molecule has 0 saturated carbocycles. The van der Waals surface area contributed by atoms with Crippen LogP contribution in [0.5, 0.6) is 5.75 Å². The third kappa shape index (κ3) is 3.39. The summed E-state index contributed by atoms with van der Waals surface area (Å²) in [5, 5.41) is 0. The van der Waals surface area contributed by atoms with Crippen molar-refractivity contribution in [1.82, 2.24) is 4.90 Å². The molecule has 1 aliphatic heterocycles. The molecule has 2 N–H and O–H groups in total. The lowest BCUT2D eigenvalue weighted by Crippen LogP contribution is -2.46. The smallest absolute Gasteiger partial charge is 0.153 e. The van der Waals surface area contributed by atoms with Gasteiger partial charge in [0.2, 0.25) is 0 Å². The summed E-state index contributed by atoms with van der Waals surface area (Å²) < 4.78 is 28.2. The summed E-state index contributed by atoms with van der Waals surface area (Å²) in [5.74, 6) is 1.14. The van der Waals surface area contributed by atoms with Crippen molar-refractivity contribution in [1.29, 1.82) is 0 Å². The molecule has 1 fully saturated rings. The maximum atomic E-state index is 11.5. The van der Waals surface area contributed by atoms with Gasteiger partial charge in [0.05, 0.1) is 24.3 Å². The Morgan fingerprint density at radius 1 is 1.47 bits per heavy atom. The number of hydrogen-bond donors (Lipinski definition) is 1. The van der Waals surface area contributed by atoms with E-state index in [1.165, 1.54) is 0 Å². The molecule has 0 radical (unpaired) electrons. The normalized spacial score (nSPS) is 23.2. The highest BCUT2D eigenvalue weighted by molar-refractivity contribution is 7.91. The van der Waals surface area contributed by atoms with Gasteiger partial charge < -0.3 is 10.5 Å². The lowest BCUT2D eigenvalue weighted by molar-refractivity contribution is 0.218. The van der Waals surface area contributed by atoms with Crippen molar-refractivity contribution in [2.75, 3.05) is 30.9 Å². The molecule has 0 aliphatic carbocycles. The summed E-state index contributed by atoms with van der Waals surface area (Å²) in [6, 6.07) is 5.73. The van der Waals surface area contributed by atoms with Crippen molar-refractivity contribution in [2.24, 2.45) is 0 Å². The van der Waals surface area contributed by atoms with Crippen molar-refractivity contribution in [3.8, 4) is 5.75 Å². The quantitative estimate of drug-likeness (QED) is 0.835. The SMILES string of the molecule is COc1ccc(CN2CCS(=O)(=O)CC2C)cc1N. The van der Waals surface area contributed by atoms with E-state index in [1.54, 1.807) is 7.11 Å². The first-order chi connectivity index (χ1) is 8.91. The molecule has 6 heteroatoms. The van der Waals surface area contributed by atoms with Crippen LogP contribution >= 0.6 is 0 Å². The van der Waals surface area contributed by atoms with E-state index >= 15 is 0 Å². The Kier molecular flexibility index (Phi) is 4.01. The Bertz CT molecular complexity index is 557. The van der Waals surface area contributed by atoms with E-state index in [-0.39, 0.29) is 17.5 Å². The summed E-state index contributed by atoms with van der Waals surface area (Å²) in [7, 11) is -1.28. The Morgan fingerprint density at radius 3 is 2.79 bits per heavy atom. The van der Waals surface area contributed by atoms with E-state index in [1.807, 2.05) is 25.1 Å². The van der Waals surface area contributed by atoms with Crippen molar-refractivity contribution in [3.05, 3.63) is 23.8 Å². The highest BCUT2D eigenvalue weighted by Gasteiger charge is 2.27. The Hall–Kier alpha value is -1.27. The zero-order valence-electron chi connectivity index (χ0n) is 11.3. The van der Waals surface area contributed by atoms with Crippen LogP contribution in [0.2, 0.25) is 0 Å². The molecule has 0 aromatic heterocycles. The fourth-order valence-electron chi connectivity index (χ4n) is 2.38. The Morgan fingerprint density at radius 2 is 2.21 bits per heavy atom. The van der Waals surface area contributed by atoms with Gasteiger partial charge in [-0.15, -0.1) is 0 Å². The second-order valence-electron chi connectivity index (χ2n) is 5.01. The van der Waals surface area contributed by atoms with E-state index in [0.717, 1.165) is 5.56 Å². The van der Waals surface area contributed by atoms with E-state index in [2.05, 4.69) is 4.90 Å². The number of nitrogens with zero attached hydrogens (tertiary/aromatic N) is 1. The minimum atomic E-state index is -2.86. The monoisotopic (exact) mass is 284 g/mol. The second kappa shape index (κ2) is 5.38. The summed E-state index contributed by atoms with van der Waals surface area (Å²) in [6.45, 7) is 3.24. The first-order valence-corrected chi connectivity index (χ1v) is 8.10. The number of anilines is 1. The predicted octanol–water partition coefficient (Wildman–Crippen LogP) is 0.896. The molecule has 0 spiro atoms. The number of ether oxygens (including phenoxy) is 1. The van der Waals surface area contributed by atoms with Crippen molar-refractivity contribution < 1.29 is 13.2 Å². The fraction of sp³-hybridized carbons (Fsp3) is 0.538. The van der Waals surface area contributed by atoms with Gasteiger partial charge in [-0.3, -0.25) is 4.90 Å². The molecule has 1 aromatic rings. The zero-order chi connectivity index (χ0) is 14.0. The molecular formula is C13H20N2O3S. The topological polar surface area (TPSA) is 72.6 Å². The van der Waals surface area contributed by atoms with Gasteiger partial charge in [0, 0.05) is 19.1 Å². The van der Waals surface area contributed by atoms with Crippen LogP contribution in [0.4, 0.5) is 5.69 Å². The Labute approximate surface area is 114 Å². The van der Waals surface area contributed by atoms with Crippen LogP contribution < -0.4 is 10.5 Å². The minimum Gasteiger partial charge on any atom is -0.495 e. The molecule has 0 amide bonds. The molecule has 1 unspecified atom stereocenters. The molecule has 1 aromatic carbocycles. The van der Waals surface area contributed by atoms with Crippen molar-refractivity contribution in [2.45, 2.75) is 19.5 Å². The molecule has 2 rings (SSSR count). The van der Waals surface area contributed by atoms with Gasteiger partial charge in [-0.2, -0.15) is 0 Å². The minimum absolute atomic E-state index is 0.0436. The summed E-state index contributed by atoms with van der Waals surface area (Å²) in [4.78, 5) is 2.17. The van der Waals surface area contributed by atoms with Gasteiger partial charge in [0.25, 0.3) is 0 Å². The zero-order valence-corrected chi connectivity index (χ0v) is 12.1. The van der Waals surface area contributed by atoms with Crippen LogP contribution in [0.1, 0.15) is 12.5 Å². The van der Waals surface area contributed by atoms with Gasteiger partial charge in [0.1, 0.15) is 5.75 Å². The van der Waals surface area contributed by atoms with Crippen LogP contribution in [0.15, 0.2) is 18.2 Å². The predicted molar refractivity (Wildman–Crippen MR) is 75.9 cm³/mol. The number of sulfone groups is 1. The van der Waals surface area contributed by atoms with E-state index < -0.39 is 9.84 Å². The molecular weight excluding hydrogens is 264 g/mol. The van der Waals surface area contributed by atoms with Crippen LogP contribution in [0.3, 0.4) is 0 Å². The molecule has 5 nitrogen and oxygen atoms in total. The van der Waals surface area contributed by atoms with Crippen LogP contribution in [0, 0.1) is 0 Å². The van der Waals surface area contributed by atoms with Gasteiger partial charge in [0.15, 0.2) is 9.84 Å². The molecule has 1 heterocycles. The lowest BCUT2D eigenvalue weighted by atomic mass is 10.1. The standard InChI is InChI=1S/C13H20N2O3S/c1-10-9-19(16,17)6-5-15(10)8-11-3-4-13(18-2)12(14)7-11/h3-4,7,10H,5-6,8-9,14H2,1-2H3. The molecule has 0 bridgehead atoms. The fourth-order valence-corrected chi connectivity index (χ4v) is 4.01. The molecule has 1 aliphatic rings. The van der Waals surface area contributed by atoms with Gasteiger partial charge in [-0.1, -0.05) is 6.07 Å².